The molecule has 2 aromatic heterocycles. The van der Waals surface area contributed by atoms with Crippen LogP contribution in [0.4, 0.5) is 19.6 Å². The number of hydrogen-bond donors (Lipinski definition) is 1. The van der Waals surface area contributed by atoms with E-state index in [2.05, 4.69) is 28.7 Å². The molecule has 0 saturated carbocycles. The van der Waals surface area contributed by atoms with E-state index in [1.165, 1.54) is 18.4 Å². The zero-order valence-corrected chi connectivity index (χ0v) is 31.3. The summed E-state index contributed by atoms with van der Waals surface area (Å²) in [5.74, 6) is 0.0535. The fraction of sp³-hybridized carbons (Fsp3) is 0.429. The Labute approximate surface area is 313 Å². The zero-order chi connectivity index (χ0) is 32.2. The Kier molecular flexibility index (Phi) is 12.3. The minimum absolute atomic E-state index is 0. The molecule has 2 radical (unpaired) electrons. The molecule has 4 aliphatic rings. The van der Waals surface area contributed by atoms with Crippen molar-refractivity contribution in [1.82, 2.24) is 14.9 Å². The maximum atomic E-state index is 17.0. The molecule has 14 heteroatoms. The van der Waals surface area contributed by atoms with Gasteiger partial charge in [0.05, 0.1) is 27.2 Å². The molecule has 8 rings (SSSR count). The first kappa shape index (κ1) is 38.8. The van der Waals surface area contributed by atoms with Gasteiger partial charge in [0.15, 0.2) is 5.82 Å². The Hall–Kier alpha value is -3.02. The number of benzene rings is 2. The smallest absolute Gasteiger partial charge is 0.542 e. The number of thiophene rings is 1. The number of aromatic nitrogens is 2. The second kappa shape index (κ2) is 15.5. The monoisotopic (exact) mass is 694 g/mol. The van der Waals surface area contributed by atoms with E-state index in [0.717, 1.165) is 69.5 Å². The SMILES string of the molecule is Cc1c(-c2ccc(F)c3sc(N)c(C#N)c23)c(F)c2nc(OCC34CCCN3CCC4)nc3c2c1OCC1CCCN31.[B]C[C-]=O.[CH3-].[CH3-].[Na+]. The Morgan fingerprint density at radius 2 is 1.90 bits per heavy atom. The summed E-state index contributed by atoms with van der Waals surface area (Å²) in [6, 6.07) is 5.16. The van der Waals surface area contributed by atoms with Gasteiger partial charge in [0, 0.05) is 30.9 Å². The number of hydrogen-bond acceptors (Lipinski definition) is 10. The van der Waals surface area contributed by atoms with Gasteiger partial charge < -0.3 is 39.8 Å². The Morgan fingerprint density at radius 1 is 1.18 bits per heavy atom. The molecular weight excluding hydrogens is 656 g/mol. The van der Waals surface area contributed by atoms with Crippen molar-refractivity contribution in [3.63, 3.8) is 0 Å². The van der Waals surface area contributed by atoms with Gasteiger partial charge in [-0.2, -0.15) is 21.6 Å². The standard InChI is InChI=1S/C31H30F2N6O2S.C2H2BO.2CH3.Na/c1-16-21(18-6-7-20(32)27-22(18)19(13-34)28(35)42-27)24(33)25-23-26(16)40-14-17-5-2-12-39(17)29(23)37-30(36-25)41-15-31-8-3-10-38(31)11-4-9-31;3-1-2-4;;;/h6-7,17H,2-5,8-12,14-15,35H2,1H3;1H2;2*1H3;/q;3*-1;+1. The number of rotatable bonds is 5. The predicted molar refractivity (Wildman–Crippen MR) is 187 cm³/mol. The second-order valence-corrected chi connectivity index (χ2v) is 13.4. The molecule has 9 nitrogen and oxygen atoms in total. The third kappa shape index (κ3) is 6.40. The number of nitrogens with two attached hydrogens (primary N) is 1. The van der Waals surface area contributed by atoms with Crippen molar-refractivity contribution in [3.05, 3.63) is 49.7 Å². The number of halogens is 2. The second-order valence-electron chi connectivity index (χ2n) is 12.3. The van der Waals surface area contributed by atoms with E-state index in [-0.39, 0.29) is 94.7 Å². The van der Waals surface area contributed by atoms with Crippen molar-refractivity contribution >= 4 is 57.3 Å². The van der Waals surface area contributed by atoms with E-state index in [1.807, 2.05) is 0 Å². The fourth-order valence-electron chi connectivity index (χ4n) is 7.79. The number of nitrogens with zero attached hydrogens (tertiary/aromatic N) is 5. The van der Waals surface area contributed by atoms with Crippen molar-refractivity contribution in [2.24, 2.45) is 0 Å². The summed E-state index contributed by atoms with van der Waals surface area (Å²) in [6.45, 7) is 5.62. The Morgan fingerprint density at radius 3 is 2.57 bits per heavy atom. The van der Waals surface area contributed by atoms with Crippen molar-refractivity contribution in [1.29, 1.82) is 5.26 Å². The van der Waals surface area contributed by atoms with Crippen LogP contribution in [0.15, 0.2) is 12.1 Å². The third-order valence-corrected chi connectivity index (χ3v) is 10.9. The summed E-state index contributed by atoms with van der Waals surface area (Å²) in [4.78, 5) is 23.2. The summed E-state index contributed by atoms with van der Waals surface area (Å²) in [6.07, 6.45) is 7.84. The van der Waals surface area contributed by atoms with Gasteiger partial charge in [0.25, 0.3) is 0 Å². The molecule has 0 bridgehead atoms. The van der Waals surface area contributed by atoms with Crippen LogP contribution in [0.1, 0.15) is 49.7 Å². The number of fused-ring (bicyclic) bond motifs is 4. The van der Waals surface area contributed by atoms with Gasteiger partial charge >= 0.3 is 35.6 Å². The molecule has 6 heterocycles. The number of ether oxygens (including phenoxy) is 2. The molecule has 0 amide bonds. The predicted octanol–water partition coefficient (Wildman–Crippen LogP) is 3.51. The largest absolute Gasteiger partial charge is 1.00 e. The van der Waals surface area contributed by atoms with E-state index < -0.39 is 11.6 Å². The van der Waals surface area contributed by atoms with Crippen molar-refractivity contribution in [3.8, 4) is 29.0 Å². The molecule has 0 spiro atoms. The first-order valence-corrected chi connectivity index (χ1v) is 16.4. The summed E-state index contributed by atoms with van der Waals surface area (Å²) in [5.41, 5.74) is 7.48. The van der Waals surface area contributed by atoms with E-state index in [4.69, 9.17) is 25.0 Å². The first-order chi connectivity index (χ1) is 22.3. The Bertz CT molecular complexity index is 1910. The molecular formula is C35H38BF2N6NaO3S-2. The Balaban J connectivity index is 0.000000735. The fourth-order valence-corrected chi connectivity index (χ4v) is 8.74. The van der Waals surface area contributed by atoms with Gasteiger partial charge in [0.1, 0.15) is 47.2 Å². The van der Waals surface area contributed by atoms with E-state index in [9.17, 15) is 9.65 Å². The molecule has 49 heavy (non-hydrogen) atoms. The van der Waals surface area contributed by atoms with Crippen LogP contribution in [-0.2, 0) is 4.79 Å². The minimum Gasteiger partial charge on any atom is -0.542 e. The number of carbonyl (C=O) groups excluding carboxylic acids is 1. The van der Waals surface area contributed by atoms with Crippen LogP contribution in [0.2, 0.25) is 6.32 Å². The molecule has 3 saturated heterocycles. The van der Waals surface area contributed by atoms with Gasteiger partial charge in [-0.25, -0.2) is 8.78 Å². The van der Waals surface area contributed by atoms with Crippen LogP contribution in [-0.4, -0.2) is 73.4 Å². The van der Waals surface area contributed by atoms with E-state index >= 15 is 4.39 Å². The van der Waals surface area contributed by atoms with Crippen LogP contribution in [0.25, 0.3) is 32.1 Å². The number of anilines is 2. The van der Waals surface area contributed by atoms with Crippen molar-refractivity contribution in [2.45, 2.75) is 63.3 Å². The van der Waals surface area contributed by atoms with Crippen LogP contribution in [0, 0.1) is 44.7 Å². The molecule has 2 N–H and O–H groups in total. The van der Waals surface area contributed by atoms with Gasteiger partial charge in [-0.1, -0.05) is 6.07 Å². The van der Waals surface area contributed by atoms with E-state index in [0.29, 0.717) is 46.7 Å². The number of nitrogen functional groups attached to an aromatic ring is 1. The average Bonchev–Trinajstić information content (AvgIpc) is 3.83. The van der Waals surface area contributed by atoms with Crippen LogP contribution in [0.3, 0.4) is 0 Å². The van der Waals surface area contributed by atoms with Gasteiger partial charge in [-0.3, -0.25) is 11.2 Å². The quantitative estimate of drug-likeness (QED) is 0.248. The topological polar surface area (TPSA) is 118 Å². The van der Waals surface area contributed by atoms with Gasteiger partial charge in [-0.15, -0.1) is 11.3 Å². The van der Waals surface area contributed by atoms with Gasteiger partial charge in [0.2, 0.25) is 0 Å². The van der Waals surface area contributed by atoms with Gasteiger partial charge in [-0.05, 0) is 70.2 Å². The van der Waals surface area contributed by atoms with Crippen LogP contribution in [0.5, 0.6) is 11.8 Å². The molecule has 3 fully saturated rings. The molecule has 1 atom stereocenters. The first-order valence-electron chi connectivity index (χ1n) is 15.6. The van der Waals surface area contributed by atoms with Crippen LogP contribution >= 0.6 is 11.3 Å². The normalized spacial score (nSPS) is 18.4. The van der Waals surface area contributed by atoms with E-state index in [1.54, 1.807) is 6.92 Å². The van der Waals surface area contributed by atoms with Crippen molar-refractivity contribution < 1.29 is 52.6 Å². The summed E-state index contributed by atoms with van der Waals surface area (Å²) >= 11 is 0.990. The molecule has 4 aromatic rings. The third-order valence-electron chi connectivity index (χ3n) is 9.87. The molecule has 4 aliphatic heterocycles. The maximum absolute atomic E-state index is 17.0. The number of nitriles is 1. The molecule has 252 valence electrons. The molecule has 2 aromatic carbocycles. The molecule has 1 unspecified atom stereocenters. The average molecular weight is 695 g/mol. The minimum atomic E-state index is -0.580. The zero-order valence-electron chi connectivity index (χ0n) is 28.5. The summed E-state index contributed by atoms with van der Waals surface area (Å²) in [7, 11) is 4.60. The summed E-state index contributed by atoms with van der Waals surface area (Å²) in [5, 5.41) is 10.9. The van der Waals surface area contributed by atoms with Crippen LogP contribution < -0.4 is 49.7 Å². The molecule has 0 aliphatic carbocycles. The maximum Gasteiger partial charge on any atom is 1.00 e. The van der Waals surface area contributed by atoms with Crippen molar-refractivity contribution in [2.75, 3.05) is 43.5 Å². The summed E-state index contributed by atoms with van der Waals surface area (Å²) < 4.78 is 44.9.